The minimum absolute atomic E-state index is 0.434. The zero-order chi connectivity index (χ0) is 63.9. The highest BCUT2D eigenvalue weighted by atomic mass is 16.5. The molecule has 0 N–H and O–H groups in total. The quantitative estimate of drug-likeness (QED) is 0.0323. The second kappa shape index (κ2) is 28.4. The van der Waals surface area contributed by atoms with Gasteiger partial charge in [-0.05, 0) is 169 Å². The molecule has 0 bridgehead atoms. The van der Waals surface area contributed by atoms with E-state index < -0.39 is 10.8 Å². The van der Waals surface area contributed by atoms with Gasteiger partial charge in [-0.2, -0.15) is 0 Å². The van der Waals surface area contributed by atoms with Gasteiger partial charge in [0.2, 0.25) is 0 Å². The third kappa shape index (κ3) is 11.8. The molecule has 0 saturated heterocycles. The monoisotopic (exact) mass is 1250 g/mol. The number of hydrogen-bond acceptors (Lipinski definition) is 9. The number of benzene rings is 11. The highest BCUT2D eigenvalue weighted by Crippen LogP contribution is 2.57. The zero-order valence-electron chi connectivity index (χ0n) is 54.4. The summed E-state index contributed by atoms with van der Waals surface area (Å²) in [6, 6.07) is 86.1. The molecule has 10 heteroatoms. The fraction of sp³-hybridized carbons (Fsp3) is 0.262. The predicted molar refractivity (Wildman–Crippen MR) is 383 cm³/mol. The summed E-state index contributed by atoms with van der Waals surface area (Å²) in [4.78, 5) is 2.50. The van der Waals surface area contributed by atoms with Gasteiger partial charge in [-0.1, -0.05) is 170 Å². The van der Waals surface area contributed by atoms with Crippen LogP contribution >= 0.6 is 0 Å². The fourth-order valence-electron chi connectivity index (χ4n) is 15.3. The van der Waals surface area contributed by atoms with Crippen LogP contribution in [0.4, 0.5) is 17.1 Å². The van der Waals surface area contributed by atoms with Crippen LogP contribution in [0, 0.1) is 0 Å². The van der Waals surface area contributed by atoms with Crippen molar-refractivity contribution in [2.45, 2.75) is 36.5 Å². The first-order valence-electron chi connectivity index (χ1n) is 33.2. The summed E-state index contributed by atoms with van der Waals surface area (Å²) >= 11 is 0. The minimum atomic E-state index is -0.434. The van der Waals surface area contributed by atoms with Gasteiger partial charge < -0.3 is 47.4 Å². The van der Waals surface area contributed by atoms with Crippen LogP contribution in [-0.4, -0.2) is 112 Å². The maximum absolute atomic E-state index is 6.41. The fourth-order valence-corrected chi connectivity index (χ4v) is 15.3. The molecule has 10 nitrogen and oxygen atoms in total. The van der Waals surface area contributed by atoms with Gasteiger partial charge in [0.1, 0.15) is 0 Å². The maximum Gasteiger partial charge on any atom is 0.0700 e. The van der Waals surface area contributed by atoms with Gasteiger partial charge in [-0.15, -0.1) is 0 Å². The number of ether oxygens (including phenoxy) is 8. The second-order valence-electron chi connectivity index (χ2n) is 24.8. The molecular weight excluding hydrogens is 1160 g/mol. The van der Waals surface area contributed by atoms with E-state index in [9.17, 15) is 0 Å². The summed E-state index contributed by atoms with van der Waals surface area (Å²) in [7, 11) is 6.89. The molecule has 12 aromatic rings. The summed E-state index contributed by atoms with van der Waals surface area (Å²) in [5, 5.41) is 7.33. The highest BCUT2D eigenvalue weighted by molar-refractivity contribution is 6.16. The largest absolute Gasteiger partial charge is 0.382 e. The Morgan fingerprint density at radius 2 is 0.723 bits per heavy atom. The normalized spacial score (nSPS) is 13.4. The van der Waals surface area contributed by atoms with Crippen LogP contribution in [0.1, 0.15) is 47.9 Å². The van der Waals surface area contributed by atoms with Crippen molar-refractivity contribution in [1.82, 2.24) is 4.57 Å². The first-order chi connectivity index (χ1) is 46.5. The van der Waals surface area contributed by atoms with E-state index in [-0.39, 0.29) is 0 Å². The van der Waals surface area contributed by atoms with E-state index >= 15 is 0 Å². The summed E-state index contributed by atoms with van der Waals surface area (Å²) in [6.07, 6.45) is 3.02. The van der Waals surface area contributed by atoms with Crippen molar-refractivity contribution in [3.63, 3.8) is 0 Å². The number of anilines is 3. The number of hydrogen-bond donors (Lipinski definition) is 0. The molecule has 14 rings (SSSR count). The Labute approximate surface area is 552 Å². The van der Waals surface area contributed by atoms with E-state index in [1.807, 2.05) is 0 Å². The van der Waals surface area contributed by atoms with Gasteiger partial charge in [-0.25, -0.2) is 0 Å². The number of fused-ring (bicyclic) bond motifs is 12. The van der Waals surface area contributed by atoms with Crippen molar-refractivity contribution < 1.29 is 37.9 Å². The smallest absolute Gasteiger partial charge is 0.0700 e. The van der Waals surface area contributed by atoms with Crippen LogP contribution in [0.5, 0.6) is 0 Å². The van der Waals surface area contributed by atoms with Crippen LogP contribution in [0.3, 0.4) is 0 Å². The standard InChI is InChI=1S/C84H82N2O8/c1-87-46-50-91-42-38-83(39-43-92-51-47-88-2)76-27-15-12-23-68(76)70-35-32-63(57-78(70)83)85(64-33-36-71-69-24-13-16-28-77(69)84(79(71)58-64,40-44-93-52-48-89-3)41-45-94-53-49-90-4)62-31-34-66(74(56-62)59-18-6-5-7-19-59)61-30-37-81-75(54-61)73-26-14-17-29-80(73)86(81)82-55-60-20-8-9-21-65(60)67-22-10-11-25-72(67)82/h5-37,54-58H,38-53H2,1-4H3. The summed E-state index contributed by atoms with van der Waals surface area (Å²) in [5.74, 6) is 0. The molecule has 0 amide bonds. The first kappa shape index (κ1) is 62.7. The maximum atomic E-state index is 6.41. The van der Waals surface area contributed by atoms with Crippen molar-refractivity contribution in [1.29, 1.82) is 0 Å². The molecule has 2 aliphatic carbocycles. The average molecular weight is 1250 g/mol. The third-order valence-corrected chi connectivity index (χ3v) is 19.8. The summed E-state index contributed by atoms with van der Waals surface area (Å²) in [6.45, 7) is 6.38. The van der Waals surface area contributed by atoms with E-state index in [4.69, 9.17) is 37.9 Å². The topological polar surface area (TPSA) is 82.0 Å². The lowest BCUT2D eigenvalue weighted by Gasteiger charge is -2.35. The Kier molecular flexibility index (Phi) is 19.0. The predicted octanol–water partition coefficient (Wildman–Crippen LogP) is 18.6. The Hall–Kier alpha value is -8.78. The van der Waals surface area contributed by atoms with Crippen LogP contribution < -0.4 is 4.90 Å². The van der Waals surface area contributed by atoms with Crippen molar-refractivity contribution in [3.8, 4) is 50.2 Å². The van der Waals surface area contributed by atoms with Crippen LogP contribution in [0.25, 0.3) is 93.5 Å². The van der Waals surface area contributed by atoms with Crippen molar-refractivity contribution in [2.75, 3.05) is 113 Å². The van der Waals surface area contributed by atoms with Gasteiger partial charge in [0.05, 0.1) is 69.6 Å². The minimum Gasteiger partial charge on any atom is -0.382 e. The molecule has 476 valence electrons. The molecule has 0 radical (unpaired) electrons. The highest BCUT2D eigenvalue weighted by Gasteiger charge is 2.45. The lowest BCUT2D eigenvalue weighted by Crippen LogP contribution is -2.30. The molecule has 0 spiro atoms. The Bertz CT molecular complexity index is 4470. The second-order valence-corrected chi connectivity index (χ2v) is 24.8. The molecule has 0 aliphatic heterocycles. The molecule has 0 unspecified atom stereocenters. The lowest BCUT2D eigenvalue weighted by molar-refractivity contribution is 0.0490. The molecule has 0 fully saturated rings. The van der Waals surface area contributed by atoms with Gasteiger partial charge in [0.25, 0.3) is 0 Å². The van der Waals surface area contributed by atoms with Crippen LogP contribution in [0.15, 0.2) is 231 Å². The number of aromatic nitrogens is 1. The Morgan fingerprint density at radius 1 is 0.287 bits per heavy atom. The van der Waals surface area contributed by atoms with E-state index in [2.05, 4.69) is 240 Å². The molecule has 1 heterocycles. The van der Waals surface area contributed by atoms with Crippen molar-refractivity contribution in [3.05, 3.63) is 253 Å². The third-order valence-electron chi connectivity index (χ3n) is 19.8. The van der Waals surface area contributed by atoms with Crippen molar-refractivity contribution >= 4 is 60.4 Å². The Morgan fingerprint density at radius 3 is 1.28 bits per heavy atom. The lowest BCUT2D eigenvalue weighted by atomic mass is 9.73. The average Bonchev–Trinajstić information content (AvgIpc) is 1.56. The Balaban J connectivity index is 0.963. The number of rotatable bonds is 30. The molecule has 1 aromatic heterocycles. The van der Waals surface area contributed by atoms with Crippen molar-refractivity contribution in [2.24, 2.45) is 0 Å². The SMILES string of the molecule is COCCOCCC1(CCOCCOC)c2ccccc2-c2ccc(N(c3ccc(-c4ccc5c(c4)c4ccccc4n5-c4cc5ccccc5c5ccccc45)c(-c4ccccc4)c3)c3ccc4c(c3)C(CCOCCOC)(CCOCCOC)c3ccccc3-4)cc21. The number of para-hydroxylation sites is 1. The van der Waals surface area contributed by atoms with Crippen LogP contribution in [0.2, 0.25) is 0 Å². The molecule has 0 saturated carbocycles. The van der Waals surface area contributed by atoms with Crippen LogP contribution in [-0.2, 0) is 48.7 Å². The molecule has 2 aliphatic rings. The van der Waals surface area contributed by atoms with Gasteiger partial charge in [0.15, 0.2) is 0 Å². The summed E-state index contributed by atoms with van der Waals surface area (Å²) in [5.41, 5.74) is 20.3. The van der Waals surface area contributed by atoms with Gasteiger partial charge in [0, 0.05) is 98.9 Å². The molecular formula is C84H82N2O8. The van der Waals surface area contributed by atoms with E-state index in [0.717, 1.165) is 70.5 Å². The summed E-state index contributed by atoms with van der Waals surface area (Å²) < 4.78 is 49.9. The molecule has 94 heavy (non-hydrogen) atoms. The number of methoxy groups -OCH3 is 4. The molecule has 0 atom stereocenters. The van der Waals surface area contributed by atoms with Gasteiger partial charge in [-0.3, -0.25) is 0 Å². The number of nitrogens with zero attached hydrogens (tertiary/aromatic N) is 2. The zero-order valence-corrected chi connectivity index (χ0v) is 54.4. The van der Waals surface area contributed by atoms with E-state index in [1.165, 1.54) is 88.0 Å². The first-order valence-corrected chi connectivity index (χ1v) is 33.2. The van der Waals surface area contributed by atoms with Gasteiger partial charge >= 0.3 is 0 Å². The van der Waals surface area contributed by atoms with E-state index in [0.29, 0.717) is 79.3 Å². The molecule has 11 aromatic carbocycles. The van der Waals surface area contributed by atoms with E-state index in [1.54, 1.807) is 28.4 Å².